The summed E-state index contributed by atoms with van der Waals surface area (Å²) >= 11 is 0. The van der Waals surface area contributed by atoms with Crippen LogP contribution in [-0.4, -0.2) is 15.2 Å². The SMILES string of the molecule is Cc1cc(-c2noc(C(C)(C)N)n2)cc(C)c1O. The van der Waals surface area contributed by atoms with Crippen LogP contribution >= 0.6 is 0 Å². The van der Waals surface area contributed by atoms with Gasteiger partial charge in [0.1, 0.15) is 5.75 Å². The van der Waals surface area contributed by atoms with Crippen LogP contribution < -0.4 is 5.73 Å². The normalized spacial score (nSPS) is 11.8. The van der Waals surface area contributed by atoms with E-state index >= 15 is 0 Å². The van der Waals surface area contributed by atoms with Gasteiger partial charge in [-0.3, -0.25) is 0 Å². The highest BCUT2D eigenvalue weighted by atomic mass is 16.5. The summed E-state index contributed by atoms with van der Waals surface area (Å²) < 4.78 is 5.14. The van der Waals surface area contributed by atoms with Crippen molar-refractivity contribution in [2.24, 2.45) is 5.73 Å². The van der Waals surface area contributed by atoms with Gasteiger partial charge in [0.25, 0.3) is 0 Å². The summed E-state index contributed by atoms with van der Waals surface area (Å²) in [4.78, 5) is 4.28. The number of aromatic hydroxyl groups is 1. The second-order valence-corrected chi connectivity index (χ2v) is 5.10. The Bertz CT molecular complexity index is 559. The van der Waals surface area contributed by atoms with E-state index in [1.54, 1.807) is 13.8 Å². The standard InChI is InChI=1S/C13H17N3O2/c1-7-5-9(6-8(2)10(7)17)11-15-12(18-16-11)13(3,4)14/h5-6,17H,14H2,1-4H3. The van der Waals surface area contributed by atoms with Crippen LogP contribution in [0.1, 0.15) is 30.9 Å². The number of hydrogen-bond acceptors (Lipinski definition) is 5. The third-order valence-corrected chi connectivity index (χ3v) is 2.73. The molecule has 0 aliphatic rings. The Kier molecular flexibility index (Phi) is 2.86. The lowest BCUT2D eigenvalue weighted by Crippen LogP contribution is -2.28. The van der Waals surface area contributed by atoms with Crippen molar-refractivity contribution in [1.29, 1.82) is 0 Å². The molecule has 0 saturated heterocycles. The van der Waals surface area contributed by atoms with Gasteiger partial charge in [-0.1, -0.05) is 5.16 Å². The maximum Gasteiger partial charge on any atom is 0.246 e. The maximum absolute atomic E-state index is 9.73. The maximum atomic E-state index is 9.73. The molecule has 0 spiro atoms. The van der Waals surface area contributed by atoms with Gasteiger partial charge in [-0.25, -0.2) is 0 Å². The minimum Gasteiger partial charge on any atom is -0.507 e. The third kappa shape index (κ3) is 2.22. The summed E-state index contributed by atoms with van der Waals surface area (Å²) in [5.41, 5.74) is 7.60. The van der Waals surface area contributed by atoms with Gasteiger partial charge >= 0.3 is 0 Å². The molecule has 3 N–H and O–H groups in total. The van der Waals surface area contributed by atoms with Crippen LogP contribution in [0.3, 0.4) is 0 Å². The van der Waals surface area contributed by atoms with Crippen molar-refractivity contribution in [3.8, 4) is 17.1 Å². The Morgan fingerprint density at radius 2 is 1.78 bits per heavy atom. The lowest BCUT2D eigenvalue weighted by atomic mass is 10.1. The second-order valence-electron chi connectivity index (χ2n) is 5.10. The van der Waals surface area contributed by atoms with Crippen molar-refractivity contribution in [3.05, 3.63) is 29.2 Å². The predicted octanol–water partition coefficient (Wildman–Crippen LogP) is 2.25. The molecular weight excluding hydrogens is 230 g/mol. The van der Waals surface area contributed by atoms with E-state index < -0.39 is 5.54 Å². The molecule has 5 nitrogen and oxygen atoms in total. The Morgan fingerprint density at radius 3 is 2.22 bits per heavy atom. The van der Waals surface area contributed by atoms with Crippen LogP contribution in [-0.2, 0) is 5.54 Å². The first-order valence-electron chi connectivity index (χ1n) is 5.72. The smallest absolute Gasteiger partial charge is 0.246 e. The lowest BCUT2D eigenvalue weighted by molar-refractivity contribution is 0.312. The monoisotopic (exact) mass is 247 g/mol. The summed E-state index contributed by atoms with van der Waals surface area (Å²) in [6.07, 6.45) is 0. The van der Waals surface area contributed by atoms with Crippen molar-refractivity contribution in [2.45, 2.75) is 33.2 Å². The first-order valence-corrected chi connectivity index (χ1v) is 5.72. The molecule has 1 heterocycles. The number of phenols is 1. The molecule has 1 aromatic heterocycles. The van der Waals surface area contributed by atoms with Gasteiger partial charge < -0.3 is 15.4 Å². The van der Waals surface area contributed by atoms with E-state index in [-0.39, 0.29) is 0 Å². The minimum atomic E-state index is -0.660. The summed E-state index contributed by atoms with van der Waals surface area (Å²) in [6.45, 7) is 7.27. The molecule has 18 heavy (non-hydrogen) atoms. The van der Waals surface area contributed by atoms with E-state index in [4.69, 9.17) is 10.3 Å². The molecule has 0 atom stereocenters. The molecule has 2 rings (SSSR count). The Hall–Kier alpha value is -1.88. The van der Waals surface area contributed by atoms with Crippen LogP contribution in [0.2, 0.25) is 0 Å². The highest BCUT2D eigenvalue weighted by molar-refractivity contribution is 5.60. The van der Waals surface area contributed by atoms with E-state index in [2.05, 4.69) is 10.1 Å². The van der Waals surface area contributed by atoms with Gasteiger partial charge in [0.05, 0.1) is 5.54 Å². The fraction of sp³-hybridized carbons (Fsp3) is 0.385. The molecule has 0 bridgehead atoms. The van der Waals surface area contributed by atoms with Crippen molar-refractivity contribution < 1.29 is 9.63 Å². The summed E-state index contributed by atoms with van der Waals surface area (Å²) in [6, 6.07) is 3.64. The first kappa shape index (κ1) is 12.6. The van der Waals surface area contributed by atoms with Crippen LogP contribution in [0.15, 0.2) is 16.7 Å². The molecule has 0 aliphatic heterocycles. The zero-order valence-electron chi connectivity index (χ0n) is 11.0. The lowest BCUT2D eigenvalue weighted by Gasteiger charge is -2.10. The Labute approximate surface area is 106 Å². The molecule has 2 aromatic rings. The van der Waals surface area contributed by atoms with Crippen LogP contribution in [0.25, 0.3) is 11.4 Å². The highest BCUT2D eigenvalue weighted by Gasteiger charge is 2.23. The molecular formula is C13H17N3O2. The number of hydrogen-bond donors (Lipinski definition) is 2. The predicted molar refractivity (Wildman–Crippen MR) is 68.1 cm³/mol. The van der Waals surface area contributed by atoms with Crippen LogP contribution in [0.4, 0.5) is 0 Å². The van der Waals surface area contributed by atoms with E-state index in [1.807, 2.05) is 26.0 Å². The van der Waals surface area contributed by atoms with Gasteiger partial charge in [-0.15, -0.1) is 0 Å². The fourth-order valence-electron chi connectivity index (χ4n) is 1.69. The van der Waals surface area contributed by atoms with E-state index in [9.17, 15) is 5.11 Å². The van der Waals surface area contributed by atoms with Crippen molar-refractivity contribution in [1.82, 2.24) is 10.1 Å². The highest BCUT2D eigenvalue weighted by Crippen LogP contribution is 2.28. The summed E-state index contributed by atoms with van der Waals surface area (Å²) in [5, 5.41) is 13.6. The van der Waals surface area contributed by atoms with E-state index in [0.717, 1.165) is 16.7 Å². The molecule has 0 amide bonds. The minimum absolute atomic E-state index is 0.293. The molecule has 0 fully saturated rings. The first-order chi connectivity index (χ1) is 8.29. The Balaban J connectivity index is 2.47. The zero-order chi connectivity index (χ0) is 13.5. The molecule has 0 unspecified atom stereocenters. The van der Waals surface area contributed by atoms with Crippen molar-refractivity contribution in [3.63, 3.8) is 0 Å². The van der Waals surface area contributed by atoms with Gasteiger partial charge in [-0.05, 0) is 51.0 Å². The average molecular weight is 247 g/mol. The molecule has 96 valence electrons. The number of aromatic nitrogens is 2. The largest absolute Gasteiger partial charge is 0.507 e. The number of phenolic OH excluding ortho intramolecular Hbond substituents is 1. The zero-order valence-corrected chi connectivity index (χ0v) is 11.0. The average Bonchev–Trinajstić information content (AvgIpc) is 2.73. The van der Waals surface area contributed by atoms with E-state index in [1.165, 1.54) is 0 Å². The van der Waals surface area contributed by atoms with Gasteiger partial charge in [-0.2, -0.15) is 4.98 Å². The summed E-state index contributed by atoms with van der Waals surface area (Å²) in [5.74, 6) is 1.16. The molecule has 0 saturated carbocycles. The molecule has 5 heteroatoms. The molecule has 1 aromatic carbocycles. The van der Waals surface area contributed by atoms with Gasteiger partial charge in [0, 0.05) is 5.56 Å². The number of aryl methyl sites for hydroxylation is 2. The number of rotatable bonds is 2. The number of nitrogens with zero attached hydrogens (tertiary/aromatic N) is 2. The van der Waals surface area contributed by atoms with Gasteiger partial charge in [0.15, 0.2) is 0 Å². The third-order valence-electron chi connectivity index (χ3n) is 2.73. The molecule has 0 radical (unpaired) electrons. The van der Waals surface area contributed by atoms with E-state index in [0.29, 0.717) is 17.5 Å². The second kappa shape index (κ2) is 4.10. The fourth-order valence-corrected chi connectivity index (χ4v) is 1.69. The van der Waals surface area contributed by atoms with Crippen molar-refractivity contribution in [2.75, 3.05) is 0 Å². The Morgan fingerprint density at radius 1 is 1.22 bits per heavy atom. The van der Waals surface area contributed by atoms with Crippen molar-refractivity contribution >= 4 is 0 Å². The number of nitrogens with two attached hydrogens (primary N) is 1. The molecule has 0 aliphatic carbocycles. The van der Waals surface area contributed by atoms with Crippen LogP contribution in [0, 0.1) is 13.8 Å². The number of benzene rings is 1. The summed E-state index contributed by atoms with van der Waals surface area (Å²) in [7, 11) is 0. The van der Waals surface area contributed by atoms with Gasteiger partial charge in [0.2, 0.25) is 11.7 Å². The topological polar surface area (TPSA) is 85.2 Å². The van der Waals surface area contributed by atoms with Crippen LogP contribution in [0.5, 0.6) is 5.75 Å². The quantitative estimate of drug-likeness (QED) is 0.850.